The summed E-state index contributed by atoms with van der Waals surface area (Å²) in [6, 6.07) is 0.206. The predicted octanol–water partition coefficient (Wildman–Crippen LogP) is 3.89. The van der Waals surface area contributed by atoms with Crippen molar-refractivity contribution < 1.29 is 9.53 Å². The van der Waals surface area contributed by atoms with E-state index in [2.05, 4.69) is 30.3 Å². The Labute approximate surface area is 135 Å². The highest BCUT2D eigenvalue weighted by Gasteiger charge is 2.36. The summed E-state index contributed by atoms with van der Waals surface area (Å²) in [7, 11) is 0. The zero-order valence-corrected chi connectivity index (χ0v) is 14.7. The van der Waals surface area contributed by atoms with Crippen LogP contribution in [0.25, 0.3) is 0 Å². The van der Waals surface area contributed by atoms with Gasteiger partial charge in [-0.2, -0.15) is 0 Å². The molecule has 0 aliphatic heterocycles. The van der Waals surface area contributed by atoms with Crippen LogP contribution in [0.1, 0.15) is 53.4 Å². The summed E-state index contributed by atoms with van der Waals surface area (Å²) < 4.78 is 5.33. The van der Waals surface area contributed by atoms with Crippen LogP contribution < -0.4 is 5.32 Å². The normalized spacial score (nSPS) is 25.6. The van der Waals surface area contributed by atoms with E-state index in [9.17, 15) is 4.79 Å². The highest BCUT2D eigenvalue weighted by atomic mass is 16.6. The average Bonchev–Trinajstić information content (AvgIpc) is 2.39. The minimum Gasteiger partial charge on any atom is -0.444 e. The van der Waals surface area contributed by atoms with Crippen LogP contribution in [-0.2, 0) is 4.74 Å². The fourth-order valence-corrected chi connectivity index (χ4v) is 3.00. The summed E-state index contributed by atoms with van der Waals surface area (Å²) in [5, 5.41) is 3.00. The minimum atomic E-state index is -0.446. The molecule has 1 rings (SSSR count). The van der Waals surface area contributed by atoms with Gasteiger partial charge in [-0.3, -0.25) is 4.90 Å². The first-order chi connectivity index (χ1) is 10.2. The van der Waals surface area contributed by atoms with Crippen molar-refractivity contribution in [2.24, 2.45) is 0 Å². The van der Waals surface area contributed by atoms with Gasteiger partial charge >= 0.3 is 6.09 Å². The van der Waals surface area contributed by atoms with Crippen LogP contribution in [0, 0.1) is 0 Å². The van der Waals surface area contributed by atoms with Crippen molar-refractivity contribution in [2.75, 3.05) is 13.1 Å². The zero-order valence-electron chi connectivity index (χ0n) is 14.7. The second-order valence-corrected chi connectivity index (χ2v) is 7.40. The van der Waals surface area contributed by atoms with E-state index >= 15 is 0 Å². The van der Waals surface area contributed by atoms with Gasteiger partial charge in [0.2, 0.25) is 0 Å². The number of alkyl carbamates (subject to hydrolysis) is 1. The summed E-state index contributed by atoms with van der Waals surface area (Å²) in [6.45, 7) is 17.4. The van der Waals surface area contributed by atoms with Crippen molar-refractivity contribution in [3.8, 4) is 0 Å². The van der Waals surface area contributed by atoms with E-state index in [1.54, 1.807) is 0 Å². The van der Waals surface area contributed by atoms with E-state index in [0.29, 0.717) is 0 Å². The molecule has 0 aromatic carbocycles. The lowest BCUT2D eigenvalue weighted by molar-refractivity contribution is 0.0424. The van der Waals surface area contributed by atoms with E-state index in [4.69, 9.17) is 4.74 Å². The van der Waals surface area contributed by atoms with Crippen LogP contribution in [0.4, 0.5) is 4.79 Å². The van der Waals surface area contributed by atoms with Gasteiger partial charge in [-0.05, 0) is 53.4 Å². The molecule has 0 atom stereocenters. The number of hydrogen-bond acceptors (Lipinski definition) is 3. The number of hydrogen-bond donors (Lipinski definition) is 1. The van der Waals surface area contributed by atoms with Gasteiger partial charge in [-0.1, -0.05) is 12.2 Å². The molecule has 4 nitrogen and oxygen atoms in total. The Bertz CT molecular complexity index is 380. The summed E-state index contributed by atoms with van der Waals surface area (Å²) in [4.78, 5) is 14.3. The first-order valence-corrected chi connectivity index (χ1v) is 8.16. The standard InChI is InChI=1S/C18H32N2O2/c1-7-13-20(14-8-2)18(6)11-9-15(10-12-18)19-16(21)22-17(3,4)5/h7-8,15H,1-2,9-14H2,3-6H3,(H,19,21)/t15-,18-. The van der Waals surface area contributed by atoms with Gasteiger partial charge in [0.15, 0.2) is 0 Å². The Kier molecular flexibility index (Phi) is 6.66. The molecular formula is C18H32N2O2. The summed E-state index contributed by atoms with van der Waals surface area (Å²) in [5.74, 6) is 0. The van der Waals surface area contributed by atoms with Crippen LogP contribution in [0.5, 0.6) is 0 Å². The second kappa shape index (κ2) is 7.82. The number of carbonyl (C=O) groups excluding carboxylic acids is 1. The van der Waals surface area contributed by atoms with Gasteiger partial charge in [0, 0.05) is 24.7 Å². The molecule has 1 aliphatic rings. The zero-order chi connectivity index (χ0) is 16.8. The van der Waals surface area contributed by atoms with Crippen LogP contribution in [0.15, 0.2) is 25.3 Å². The molecule has 1 fully saturated rings. The van der Waals surface area contributed by atoms with Crippen molar-refractivity contribution in [3.63, 3.8) is 0 Å². The Hall–Kier alpha value is -1.29. The molecule has 0 spiro atoms. The maximum Gasteiger partial charge on any atom is 0.407 e. The number of carbonyl (C=O) groups is 1. The molecule has 1 amide bonds. The molecule has 4 heteroatoms. The number of ether oxygens (including phenoxy) is 1. The number of amides is 1. The Morgan fingerprint density at radius 1 is 1.27 bits per heavy atom. The molecule has 1 N–H and O–H groups in total. The molecular weight excluding hydrogens is 276 g/mol. The van der Waals surface area contributed by atoms with E-state index in [1.807, 2.05) is 32.9 Å². The SMILES string of the molecule is C=CCN(CC=C)[C@]1(C)CC[C@@H](NC(=O)OC(C)(C)C)CC1. The lowest BCUT2D eigenvalue weighted by Gasteiger charge is -2.45. The molecule has 0 unspecified atom stereocenters. The highest BCUT2D eigenvalue weighted by Crippen LogP contribution is 2.33. The van der Waals surface area contributed by atoms with Crippen molar-refractivity contribution in [2.45, 2.75) is 70.6 Å². The van der Waals surface area contributed by atoms with Gasteiger partial charge in [0.1, 0.15) is 5.60 Å². The lowest BCUT2D eigenvalue weighted by atomic mass is 9.79. The fraction of sp³-hybridized carbons (Fsp3) is 0.722. The largest absolute Gasteiger partial charge is 0.444 e. The van der Waals surface area contributed by atoms with E-state index < -0.39 is 5.60 Å². The third-order valence-corrected chi connectivity index (χ3v) is 4.25. The molecule has 1 saturated carbocycles. The maximum atomic E-state index is 11.9. The van der Waals surface area contributed by atoms with Crippen molar-refractivity contribution in [1.82, 2.24) is 10.2 Å². The van der Waals surface area contributed by atoms with Gasteiger partial charge in [0.25, 0.3) is 0 Å². The monoisotopic (exact) mass is 308 g/mol. The molecule has 0 heterocycles. The molecule has 126 valence electrons. The molecule has 1 aliphatic carbocycles. The molecule has 0 bridgehead atoms. The van der Waals surface area contributed by atoms with Crippen LogP contribution in [0.2, 0.25) is 0 Å². The van der Waals surface area contributed by atoms with Gasteiger partial charge < -0.3 is 10.1 Å². The van der Waals surface area contributed by atoms with E-state index in [1.165, 1.54) is 0 Å². The Morgan fingerprint density at radius 3 is 2.18 bits per heavy atom. The molecule has 0 radical (unpaired) electrons. The smallest absolute Gasteiger partial charge is 0.407 e. The van der Waals surface area contributed by atoms with E-state index in [-0.39, 0.29) is 17.7 Å². The van der Waals surface area contributed by atoms with Crippen LogP contribution >= 0.6 is 0 Å². The van der Waals surface area contributed by atoms with Crippen LogP contribution in [-0.4, -0.2) is 41.3 Å². The Balaban J connectivity index is 2.52. The van der Waals surface area contributed by atoms with Gasteiger partial charge in [-0.15, -0.1) is 13.2 Å². The predicted molar refractivity (Wildman–Crippen MR) is 92.0 cm³/mol. The number of rotatable bonds is 6. The van der Waals surface area contributed by atoms with Gasteiger partial charge in [0.05, 0.1) is 0 Å². The fourth-order valence-electron chi connectivity index (χ4n) is 3.00. The third kappa shape index (κ3) is 5.84. The first-order valence-electron chi connectivity index (χ1n) is 8.16. The molecule has 22 heavy (non-hydrogen) atoms. The molecule has 0 aromatic rings. The quantitative estimate of drug-likeness (QED) is 0.757. The van der Waals surface area contributed by atoms with Crippen molar-refractivity contribution in [3.05, 3.63) is 25.3 Å². The number of nitrogens with zero attached hydrogens (tertiary/aromatic N) is 1. The van der Waals surface area contributed by atoms with Crippen molar-refractivity contribution in [1.29, 1.82) is 0 Å². The summed E-state index contributed by atoms with van der Waals surface area (Å²) >= 11 is 0. The average molecular weight is 308 g/mol. The summed E-state index contributed by atoms with van der Waals surface area (Å²) in [5.41, 5.74) is -0.299. The summed E-state index contributed by atoms with van der Waals surface area (Å²) in [6.07, 6.45) is 7.63. The first kappa shape index (κ1) is 18.8. The third-order valence-electron chi connectivity index (χ3n) is 4.25. The van der Waals surface area contributed by atoms with Crippen LogP contribution in [0.3, 0.4) is 0 Å². The maximum absolute atomic E-state index is 11.9. The molecule has 0 aromatic heterocycles. The minimum absolute atomic E-state index is 0.147. The van der Waals surface area contributed by atoms with Gasteiger partial charge in [-0.25, -0.2) is 4.79 Å². The Morgan fingerprint density at radius 2 is 1.77 bits per heavy atom. The second-order valence-electron chi connectivity index (χ2n) is 7.40. The van der Waals surface area contributed by atoms with Crippen molar-refractivity contribution >= 4 is 6.09 Å². The topological polar surface area (TPSA) is 41.6 Å². The van der Waals surface area contributed by atoms with E-state index in [0.717, 1.165) is 38.8 Å². The number of nitrogens with one attached hydrogen (secondary N) is 1. The highest BCUT2D eigenvalue weighted by molar-refractivity contribution is 5.68. The lowest BCUT2D eigenvalue weighted by Crippen LogP contribution is -2.52. The molecule has 0 saturated heterocycles.